The maximum atomic E-state index is 6.09. The van der Waals surface area contributed by atoms with Crippen LogP contribution in [0, 0.1) is 6.92 Å². The van der Waals surface area contributed by atoms with Gasteiger partial charge in [-0.1, -0.05) is 29.8 Å². The van der Waals surface area contributed by atoms with Crippen molar-refractivity contribution in [1.82, 2.24) is 0 Å². The highest BCUT2D eigenvalue weighted by Gasteiger charge is 2.03. The summed E-state index contributed by atoms with van der Waals surface area (Å²) in [6, 6.07) is 13.3. The van der Waals surface area contributed by atoms with Crippen molar-refractivity contribution in [3.05, 3.63) is 58.6 Å². The lowest BCUT2D eigenvalue weighted by Gasteiger charge is -2.08. The molecule has 3 heteroatoms. The Kier molecular flexibility index (Phi) is 3.93. The van der Waals surface area contributed by atoms with Crippen molar-refractivity contribution in [1.29, 1.82) is 0 Å². The Balaban J connectivity index is 2.19. The smallest absolute Gasteiger partial charge is 0.146 e. The molecule has 2 aromatic carbocycles. The van der Waals surface area contributed by atoms with E-state index in [4.69, 9.17) is 27.9 Å². The number of halogens is 2. The van der Waals surface area contributed by atoms with Crippen LogP contribution in [0.4, 0.5) is 0 Å². The van der Waals surface area contributed by atoms with Crippen LogP contribution in [0.3, 0.4) is 0 Å². The molecule has 1 nitrogen and oxygen atoms in total. The Labute approximate surface area is 111 Å². The van der Waals surface area contributed by atoms with Crippen molar-refractivity contribution in [2.24, 2.45) is 0 Å². The van der Waals surface area contributed by atoms with E-state index in [0.717, 1.165) is 16.9 Å². The van der Waals surface area contributed by atoms with Crippen LogP contribution in [0.2, 0.25) is 5.02 Å². The van der Waals surface area contributed by atoms with Crippen molar-refractivity contribution in [3.8, 4) is 11.5 Å². The van der Waals surface area contributed by atoms with Crippen LogP contribution >= 0.6 is 23.2 Å². The van der Waals surface area contributed by atoms with Crippen LogP contribution in [-0.4, -0.2) is 0 Å². The van der Waals surface area contributed by atoms with Gasteiger partial charge in [0.25, 0.3) is 0 Å². The second-order valence-corrected chi connectivity index (χ2v) is 4.49. The van der Waals surface area contributed by atoms with Gasteiger partial charge in [0.1, 0.15) is 11.5 Å². The lowest BCUT2D eigenvalue weighted by atomic mass is 10.2. The molecule has 0 amide bonds. The van der Waals surface area contributed by atoms with E-state index >= 15 is 0 Å². The van der Waals surface area contributed by atoms with Crippen LogP contribution < -0.4 is 4.74 Å². The quantitative estimate of drug-likeness (QED) is 0.696. The van der Waals surface area contributed by atoms with Gasteiger partial charge in [0, 0.05) is 5.88 Å². The third kappa shape index (κ3) is 3.15. The molecule has 88 valence electrons. The summed E-state index contributed by atoms with van der Waals surface area (Å²) in [6.07, 6.45) is 0. The number of hydrogen-bond donors (Lipinski definition) is 0. The van der Waals surface area contributed by atoms with Crippen LogP contribution in [0.15, 0.2) is 42.5 Å². The SMILES string of the molecule is Cc1ccc(Oc2ccc(CCl)cc2)c(Cl)c1. The van der Waals surface area contributed by atoms with Crippen molar-refractivity contribution in [2.45, 2.75) is 12.8 Å². The summed E-state index contributed by atoms with van der Waals surface area (Å²) >= 11 is 11.8. The molecule has 0 atom stereocenters. The molecular formula is C14H12Cl2O. The van der Waals surface area contributed by atoms with Crippen LogP contribution in [0.5, 0.6) is 11.5 Å². The first kappa shape index (κ1) is 12.3. The first-order valence-corrected chi connectivity index (χ1v) is 6.19. The first-order chi connectivity index (χ1) is 8.19. The molecule has 0 aromatic heterocycles. The number of benzene rings is 2. The zero-order valence-electron chi connectivity index (χ0n) is 9.41. The topological polar surface area (TPSA) is 9.23 Å². The van der Waals surface area contributed by atoms with E-state index in [9.17, 15) is 0 Å². The van der Waals surface area contributed by atoms with Gasteiger partial charge in [-0.2, -0.15) is 0 Å². The lowest BCUT2D eigenvalue weighted by molar-refractivity contribution is 0.482. The predicted octanol–water partition coefficient (Wildman–Crippen LogP) is 5.18. The molecule has 0 aliphatic heterocycles. The molecule has 0 saturated carbocycles. The summed E-state index contributed by atoms with van der Waals surface area (Å²) < 4.78 is 5.69. The van der Waals surface area contributed by atoms with Gasteiger partial charge in [-0.15, -0.1) is 11.6 Å². The van der Waals surface area contributed by atoms with Gasteiger partial charge < -0.3 is 4.74 Å². The van der Waals surface area contributed by atoms with Crippen LogP contribution in [0.1, 0.15) is 11.1 Å². The lowest BCUT2D eigenvalue weighted by Crippen LogP contribution is -1.86. The van der Waals surface area contributed by atoms with Gasteiger partial charge in [0.05, 0.1) is 5.02 Å². The summed E-state index contributed by atoms with van der Waals surface area (Å²) in [5.74, 6) is 1.92. The van der Waals surface area contributed by atoms with Crippen LogP contribution in [-0.2, 0) is 5.88 Å². The average molecular weight is 267 g/mol. The molecule has 0 spiro atoms. The second-order valence-electron chi connectivity index (χ2n) is 3.81. The molecule has 2 aromatic rings. The van der Waals surface area contributed by atoms with E-state index in [1.54, 1.807) is 0 Å². The molecular weight excluding hydrogens is 255 g/mol. The van der Waals surface area contributed by atoms with E-state index < -0.39 is 0 Å². The molecule has 0 saturated heterocycles. The minimum atomic E-state index is 0.506. The predicted molar refractivity (Wildman–Crippen MR) is 72.3 cm³/mol. The zero-order valence-corrected chi connectivity index (χ0v) is 10.9. The number of hydrogen-bond acceptors (Lipinski definition) is 1. The molecule has 17 heavy (non-hydrogen) atoms. The molecule has 0 unspecified atom stereocenters. The number of ether oxygens (including phenoxy) is 1. The fourth-order valence-corrected chi connectivity index (χ4v) is 1.91. The summed E-state index contributed by atoms with van der Waals surface area (Å²) in [4.78, 5) is 0. The zero-order chi connectivity index (χ0) is 12.3. The summed E-state index contributed by atoms with van der Waals surface area (Å²) in [7, 11) is 0. The average Bonchev–Trinajstić information content (AvgIpc) is 2.34. The van der Waals surface area contributed by atoms with Crippen molar-refractivity contribution < 1.29 is 4.74 Å². The van der Waals surface area contributed by atoms with Gasteiger partial charge in [-0.3, -0.25) is 0 Å². The first-order valence-electron chi connectivity index (χ1n) is 5.28. The molecule has 0 aliphatic rings. The minimum Gasteiger partial charge on any atom is -0.456 e. The minimum absolute atomic E-state index is 0.506. The van der Waals surface area contributed by atoms with Crippen molar-refractivity contribution in [3.63, 3.8) is 0 Å². The third-order valence-electron chi connectivity index (χ3n) is 2.39. The molecule has 0 N–H and O–H groups in total. The van der Waals surface area contributed by atoms with Gasteiger partial charge in [0.2, 0.25) is 0 Å². The maximum absolute atomic E-state index is 6.09. The Hall–Kier alpha value is -1.18. The largest absolute Gasteiger partial charge is 0.456 e. The van der Waals surface area contributed by atoms with E-state index in [1.165, 1.54) is 0 Å². The number of rotatable bonds is 3. The number of alkyl halides is 1. The Bertz CT molecular complexity index is 506. The highest BCUT2D eigenvalue weighted by molar-refractivity contribution is 6.32. The third-order valence-corrected chi connectivity index (χ3v) is 3.00. The van der Waals surface area contributed by atoms with E-state index in [1.807, 2.05) is 49.4 Å². The summed E-state index contributed by atoms with van der Waals surface area (Å²) in [5.41, 5.74) is 2.17. The van der Waals surface area contributed by atoms with Gasteiger partial charge in [-0.25, -0.2) is 0 Å². The van der Waals surface area contributed by atoms with E-state index in [0.29, 0.717) is 16.7 Å². The standard InChI is InChI=1S/C14H12Cl2O/c1-10-2-7-14(13(16)8-10)17-12-5-3-11(9-15)4-6-12/h2-8H,9H2,1H3. The summed E-state index contributed by atoms with van der Waals surface area (Å²) in [5, 5.41) is 0.617. The summed E-state index contributed by atoms with van der Waals surface area (Å²) in [6.45, 7) is 1.99. The molecule has 0 heterocycles. The van der Waals surface area contributed by atoms with E-state index in [-0.39, 0.29) is 0 Å². The normalized spacial score (nSPS) is 10.3. The Morgan fingerprint density at radius 2 is 1.76 bits per heavy atom. The van der Waals surface area contributed by atoms with Crippen LogP contribution in [0.25, 0.3) is 0 Å². The van der Waals surface area contributed by atoms with Gasteiger partial charge >= 0.3 is 0 Å². The Morgan fingerprint density at radius 3 is 2.35 bits per heavy atom. The van der Waals surface area contributed by atoms with Crippen molar-refractivity contribution in [2.75, 3.05) is 0 Å². The van der Waals surface area contributed by atoms with Gasteiger partial charge in [-0.05, 0) is 42.3 Å². The molecule has 0 bridgehead atoms. The fraction of sp³-hybridized carbons (Fsp3) is 0.143. The van der Waals surface area contributed by atoms with Gasteiger partial charge in [0.15, 0.2) is 0 Å². The molecule has 0 fully saturated rings. The Morgan fingerprint density at radius 1 is 1.06 bits per heavy atom. The second kappa shape index (κ2) is 5.44. The highest BCUT2D eigenvalue weighted by Crippen LogP contribution is 2.30. The fourth-order valence-electron chi connectivity index (χ4n) is 1.46. The maximum Gasteiger partial charge on any atom is 0.146 e. The van der Waals surface area contributed by atoms with E-state index in [2.05, 4.69) is 0 Å². The number of aryl methyl sites for hydroxylation is 1. The molecule has 0 aliphatic carbocycles. The highest BCUT2D eigenvalue weighted by atomic mass is 35.5. The molecule has 0 radical (unpaired) electrons. The monoisotopic (exact) mass is 266 g/mol. The molecule has 2 rings (SSSR count). The van der Waals surface area contributed by atoms with Crippen molar-refractivity contribution >= 4 is 23.2 Å².